The van der Waals surface area contributed by atoms with Gasteiger partial charge in [-0.05, 0) is 31.8 Å². The molecule has 1 nitrogen and oxygen atoms in total. The summed E-state index contributed by atoms with van der Waals surface area (Å²) in [5, 5.41) is 5.33. The predicted octanol–water partition coefficient (Wildman–Crippen LogP) is 1.90. The van der Waals surface area contributed by atoms with Gasteiger partial charge < -0.3 is 5.32 Å². The van der Waals surface area contributed by atoms with E-state index in [4.69, 9.17) is 0 Å². The van der Waals surface area contributed by atoms with Crippen LogP contribution < -0.4 is 5.32 Å². The normalized spacial score (nSPS) is 13.4. The largest absolute Gasteiger partial charge is 0.317 e. The van der Waals surface area contributed by atoms with Gasteiger partial charge in [-0.3, -0.25) is 0 Å². The van der Waals surface area contributed by atoms with Crippen LogP contribution in [0.4, 0.5) is 0 Å². The average Bonchev–Trinajstić information content (AvgIpc) is 2.40. The Balaban J connectivity index is 2.40. The molecule has 10 heavy (non-hydrogen) atoms. The van der Waals surface area contributed by atoms with Gasteiger partial charge in [-0.1, -0.05) is 6.07 Å². The van der Waals surface area contributed by atoms with Crippen LogP contribution in [0.5, 0.6) is 0 Å². The van der Waals surface area contributed by atoms with E-state index in [1.807, 2.05) is 18.4 Å². The van der Waals surface area contributed by atoms with Gasteiger partial charge in [0.15, 0.2) is 0 Å². The molecule has 0 spiro atoms. The summed E-state index contributed by atoms with van der Waals surface area (Å²) in [6.45, 7) is 2.19. The highest BCUT2D eigenvalue weighted by atomic mass is 32.1. The molecule has 0 fully saturated rings. The highest BCUT2D eigenvalue weighted by molar-refractivity contribution is 7.09. The van der Waals surface area contributed by atoms with Gasteiger partial charge in [-0.2, -0.15) is 0 Å². The third kappa shape index (κ3) is 2.12. The molecule has 1 heterocycles. The first-order valence-electron chi connectivity index (χ1n) is 3.52. The molecular weight excluding hydrogens is 142 g/mol. The van der Waals surface area contributed by atoms with Crippen LogP contribution in [0.15, 0.2) is 17.5 Å². The minimum absolute atomic E-state index is 0.596. The van der Waals surface area contributed by atoms with Gasteiger partial charge in [0, 0.05) is 10.9 Å². The molecule has 1 aromatic rings. The van der Waals surface area contributed by atoms with Crippen LogP contribution in [0.3, 0.4) is 0 Å². The van der Waals surface area contributed by atoms with E-state index in [9.17, 15) is 0 Å². The van der Waals surface area contributed by atoms with Crippen molar-refractivity contribution < 1.29 is 0 Å². The van der Waals surface area contributed by atoms with Crippen LogP contribution in [0.2, 0.25) is 0 Å². The van der Waals surface area contributed by atoms with E-state index in [0.717, 1.165) is 6.42 Å². The SMILES string of the molecule is CN[C@H](C)Cc1cccs1. The fourth-order valence-corrected chi connectivity index (χ4v) is 1.67. The van der Waals surface area contributed by atoms with Crippen LogP contribution in [-0.4, -0.2) is 13.1 Å². The topological polar surface area (TPSA) is 12.0 Å². The molecule has 56 valence electrons. The van der Waals surface area contributed by atoms with Crippen molar-refractivity contribution in [1.29, 1.82) is 0 Å². The molecule has 0 saturated heterocycles. The number of nitrogens with one attached hydrogen (secondary N) is 1. The molecule has 0 unspecified atom stereocenters. The Labute approximate surface area is 66.1 Å². The first-order chi connectivity index (χ1) is 4.83. The molecule has 0 bridgehead atoms. The van der Waals surface area contributed by atoms with E-state index in [-0.39, 0.29) is 0 Å². The molecular formula is C8H13NS. The van der Waals surface area contributed by atoms with Gasteiger partial charge in [0.1, 0.15) is 0 Å². The van der Waals surface area contributed by atoms with Gasteiger partial charge in [-0.15, -0.1) is 11.3 Å². The Hall–Kier alpha value is -0.340. The van der Waals surface area contributed by atoms with E-state index in [1.165, 1.54) is 4.88 Å². The van der Waals surface area contributed by atoms with Crippen molar-refractivity contribution in [3.8, 4) is 0 Å². The first kappa shape index (κ1) is 7.76. The quantitative estimate of drug-likeness (QED) is 0.703. The minimum atomic E-state index is 0.596. The maximum atomic E-state index is 3.21. The summed E-state index contributed by atoms with van der Waals surface area (Å²) in [7, 11) is 2.00. The van der Waals surface area contributed by atoms with Crippen LogP contribution in [0.1, 0.15) is 11.8 Å². The summed E-state index contributed by atoms with van der Waals surface area (Å²) in [4.78, 5) is 1.46. The molecule has 0 aliphatic carbocycles. The van der Waals surface area contributed by atoms with Crippen LogP contribution in [0.25, 0.3) is 0 Å². The second kappa shape index (κ2) is 3.74. The molecule has 0 radical (unpaired) electrons. The monoisotopic (exact) mass is 155 g/mol. The van der Waals surface area contributed by atoms with Crippen molar-refractivity contribution in [2.75, 3.05) is 7.05 Å². The summed E-state index contributed by atoms with van der Waals surface area (Å²) >= 11 is 1.83. The van der Waals surface area contributed by atoms with Gasteiger partial charge in [0.05, 0.1) is 0 Å². The summed E-state index contributed by atoms with van der Waals surface area (Å²) in [6, 6.07) is 4.87. The lowest BCUT2D eigenvalue weighted by molar-refractivity contribution is 0.613. The number of hydrogen-bond donors (Lipinski definition) is 1. The third-order valence-corrected chi connectivity index (χ3v) is 2.48. The van der Waals surface area contributed by atoms with Crippen LogP contribution in [-0.2, 0) is 6.42 Å². The smallest absolute Gasteiger partial charge is 0.00840 e. The summed E-state index contributed by atoms with van der Waals surface area (Å²) < 4.78 is 0. The Morgan fingerprint density at radius 3 is 3.00 bits per heavy atom. The van der Waals surface area contributed by atoms with Crippen molar-refractivity contribution in [3.63, 3.8) is 0 Å². The maximum absolute atomic E-state index is 3.21. The average molecular weight is 155 g/mol. The molecule has 0 aliphatic rings. The van der Waals surface area contributed by atoms with Crippen molar-refractivity contribution in [2.24, 2.45) is 0 Å². The number of thiophene rings is 1. The number of likely N-dealkylation sites (N-methyl/N-ethyl adjacent to an activating group) is 1. The number of rotatable bonds is 3. The van der Waals surface area contributed by atoms with Gasteiger partial charge in [0.2, 0.25) is 0 Å². The van der Waals surface area contributed by atoms with Crippen molar-refractivity contribution in [1.82, 2.24) is 5.32 Å². The van der Waals surface area contributed by atoms with E-state index >= 15 is 0 Å². The lowest BCUT2D eigenvalue weighted by Crippen LogP contribution is -2.22. The fourth-order valence-electron chi connectivity index (χ4n) is 0.833. The highest BCUT2D eigenvalue weighted by Gasteiger charge is 1.99. The Morgan fingerprint density at radius 2 is 2.50 bits per heavy atom. The lowest BCUT2D eigenvalue weighted by Gasteiger charge is -2.06. The number of hydrogen-bond acceptors (Lipinski definition) is 2. The Kier molecular flexibility index (Phi) is 2.90. The molecule has 1 N–H and O–H groups in total. The van der Waals surface area contributed by atoms with Crippen molar-refractivity contribution >= 4 is 11.3 Å². The van der Waals surface area contributed by atoms with E-state index in [1.54, 1.807) is 0 Å². The highest BCUT2D eigenvalue weighted by Crippen LogP contribution is 2.10. The second-order valence-electron chi connectivity index (χ2n) is 2.47. The molecule has 0 aromatic carbocycles. The molecule has 0 saturated carbocycles. The van der Waals surface area contributed by atoms with Crippen LogP contribution >= 0.6 is 11.3 Å². The van der Waals surface area contributed by atoms with Crippen molar-refractivity contribution in [2.45, 2.75) is 19.4 Å². The first-order valence-corrected chi connectivity index (χ1v) is 4.40. The van der Waals surface area contributed by atoms with E-state index in [0.29, 0.717) is 6.04 Å². The van der Waals surface area contributed by atoms with Crippen LogP contribution in [0, 0.1) is 0 Å². The fraction of sp³-hybridized carbons (Fsp3) is 0.500. The molecule has 2 heteroatoms. The predicted molar refractivity (Wildman–Crippen MR) is 46.5 cm³/mol. The molecule has 1 aromatic heterocycles. The van der Waals surface area contributed by atoms with Crippen molar-refractivity contribution in [3.05, 3.63) is 22.4 Å². The zero-order chi connectivity index (χ0) is 7.40. The molecule has 1 atom stereocenters. The third-order valence-electron chi connectivity index (χ3n) is 1.58. The minimum Gasteiger partial charge on any atom is -0.317 e. The van der Waals surface area contributed by atoms with Gasteiger partial charge in [0.25, 0.3) is 0 Å². The molecule has 1 rings (SSSR count). The summed E-state index contributed by atoms with van der Waals surface area (Å²) in [5.74, 6) is 0. The van der Waals surface area contributed by atoms with Gasteiger partial charge in [-0.25, -0.2) is 0 Å². The Bertz CT molecular complexity index is 169. The standard InChI is InChI=1S/C8H13NS/c1-7(9-2)6-8-4-3-5-10-8/h3-5,7,9H,6H2,1-2H3/t7-/m1/s1. The second-order valence-corrected chi connectivity index (χ2v) is 3.51. The lowest BCUT2D eigenvalue weighted by atomic mass is 10.2. The molecule has 0 amide bonds. The summed E-state index contributed by atoms with van der Waals surface area (Å²) in [5.41, 5.74) is 0. The maximum Gasteiger partial charge on any atom is 0.00840 e. The zero-order valence-electron chi connectivity index (χ0n) is 6.42. The summed E-state index contributed by atoms with van der Waals surface area (Å²) in [6.07, 6.45) is 1.15. The van der Waals surface area contributed by atoms with E-state index < -0.39 is 0 Å². The van der Waals surface area contributed by atoms with Gasteiger partial charge >= 0.3 is 0 Å². The zero-order valence-corrected chi connectivity index (χ0v) is 7.24. The molecule has 0 aliphatic heterocycles. The Morgan fingerprint density at radius 1 is 1.70 bits per heavy atom. The van der Waals surface area contributed by atoms with E-state index in [2.05, 4.69) is 29.8 Å².